The van der Waals surface area contributed by atoms with E-state index in [4.69, 9.17) is 27.9 Å². The van der Waals surface area contributed by atoms with E-state index >= 15 is 0 Å². The molecule has 1 saturated heterocycles. The molecule has 28 heavy (non-hydrogen) atoms. The highest BCUT2D eigenvalue weighted by atomic mass is 35.5. The van der Waals surface area contributed by atoms with Crippen LogP contribution >= 0.6 is 23.2 Å². The normalized spacial score (nSPS) is 25.9. The lowest BCUT2D eigenvalue weighted by molar-refractivity contribution is -0.147. The van der Waals surface area contributed by atoms with Crippen molar-refractivity contribution < 1.29 is 14.3 Å². The van der Waals surface area contributed by atoms with Crippen molar-refractivity contribution in [1.82, 2.24) is 9.80 Å². The molecule has 3 atom stereocenters. The zero-order valence-corrected chi connectivity index (χ0v) is 18.0. The SMILES string of the molecule is CC(=O)OC1CCCC(N2CCCC2)C(N(C)C(=O)c2ccc(Cl)c(Cl)c2)C1. The highest BCUT2D eigenvalue weighted by molar-refractivity contribution is 6.42. The van der Waals surface area contributed by atoms with Crippen molar-refractivity contribution in [3.8, 4) is 0 Å². The highest BCUT2D eigenvalue weighted by Crippen LogP contribution is 2.31. The van der Waals surface area contributed by atoms with Crippen LogP contribution in [0.2, 0.25) is 10.0 Å². The molecule has 0 aromatic heterocycles. The predicted molar refractivity (Wildman–Crippen MR) is 111 cm³/mol. The van der Waals surface area contributed by atoms with Crippen molar-refractivity contribution in [3.05, 3.63) is 33.8 Å². The van der Waals surface area contributed by atoms with Crippen LogP contribution in [-0.2, 0) is 9.53 Å². The van der Waals surface area contributed by atoms with Crippen LogP contribution in [0.1, 0.15) is 55.8 Å². The molecule has 1 aliphatic carbocycles. The molecular weight excluding hydrogens is 399 g/mol. The molecule has 0 N–H and O–H groups in total. The Morgan fingerprint density at radius 2 is 1.82 bits per heavy atom. The van der Waals surface area contributed by atoms with Gasteiger partial charge in [-0.1, -0.05) is 23.2 Å². The van der Waals surface area contributed by atoms with Crippen molar-refractivity contribution in [2.45, 2.75) is 63.6 Å². The van der Waals surface area contributed by atoms with E-state index in [-0.39, 0.29) is 30.1 Å². The molecule has 1 aliphatic heterocycles. The number of rotatable bonds is 4. The minimum Gasteiger partial charge on any atom is -0.462 e. The van der Waals surface area contributed by atoms with Gasteiger partial charge in [0.1, 0.15) is 6.10 Å². The lowest BCUT2D eigenvalue weighted by atomic mass is 9.98. The fourth-order valence-corrected chi connectivity index (χ4v) is 4.83. The van der Waals surface area contributed by atoms with E-state index in [1.54, 1.807) is 18.2 Å². The summed E-state index contributed by atoms with van der Waals surface area (Å²) in [5.41, 5.74) is 0.519. The number of esters is 1. The van der Waals surface area contributed by atoms with Crippen LogP contribution in [0.4, 0.5) is 0 Å². The largest absolute Gasteiger partial charge is 0.462 e. The van der Waals surface area contributed by atoms with Gasteiger partial charge in [0.25, 0.3) is 5.91 Å². The van der Waals surface area contributed by atoms with Gasteiger partial charge in [-0.15, -0.1) is 0 Å². The Hall–Kier alpha value is -1.30. The first-order valence-corrected chi connectivity index (χ1v) is 10.8. The molecule has 7 heteroatoms. The first kappa shape index (κ1) is 21.4. The first-order valence-electron chi connectivity index (χ1n) is 10.0. The summed E-state index contributed by atoms with van der Waals surface area (Å²) in [5.74, 6) is -0.349. The molecule has 1 amide bonds. The maximum Gasteiger partial charge on any atom is 0.302 e. The van der Waals surface area contributed by atoms with Gasteiger partial charge >= 0.3 is 5.97 Å². The van der Waals surface area contributed by atoms with Gasteiger partial charge < -0.3 is 9.64 Å². The smallest absolute Gasteiger partial charge is 0.302 e. The minimum atomic E-state index is -0.262. The second-order valence-corrected chi connectivity index (χ2v) is 8.64. The monoisotopic (exact) mass is 426 g/mol. The fraction of sp³-hybridized carbons (Fsp3) is 0.619. The summed E-state index contributed by atoms with van der Waals surface area (Å²) in [6, 6.07) is 5.23. The summed E-state index contributed by atoms with van der Waals surface area (Å²) in [6.45, 7) is 3.57. The second kappa shape index (κ2) is 9.47. The van der Waals surface area contributed by atoms with Crippen LogP contribution in [-0.4, -0.2) is 60.0 Å². The van der Waals surface area contributed by atoms with Crippen LogP contribution in [0.25, 0.3) is 0 Å². The first-order chi connectivity index (χ1) is 13.4. The number of ether oxygens (including phenoxy) is 1. The Labute approximate surface area is 176 Å². The number of amides is 1. The van der Waals surface area contributed by atoms with Gasteiger partial charge in [0.05, 0.1) is 16.1 Å². The molecule has 1 heterocycles. The van der Waals surface area contributed by atoms with E-state index in [1.165, 1.54) is 19.8 Å². The van der Waals surface area contributed by atoms with Crippen molar-refractivity contribution in [2.24, 2.45) is 0 Å². The second-order valence-electron chi connectivity index (χ2n) is 7.82. The summed E-state index contributed by atoms with van der Waals surface area (Å²) < 4.78 is 5.55. The molecule has 1 saturated carbocycles. The standard InChI is InChI=1S/C21H28Cl2N2O3/c1-14(26)28-16-6-5-7-19(25-10-3-4-11-25)20(13-16)24(2)21(27)15-8-9-17(22)18(23)12-15/h8-9,12,16,19-20H,3-7,10-11,13H2,1-2H3. The fourth-order valence-electron chi connectivity index (χ4n) is 4.53. The molecule has 0 bridgehead atoms. The number of halogens is 2. The molecule has 5 nitrogen and oxygen atoms in total. The van der Waals surface area contributed by atoms with Crippen molar-refractivity contribution in [3.63, 3.8) is 0 Å². The van der Waals surface area contributed by atoms with Crippen LogP contribution < -0.4 is 0 Å². The molecular formula is C21H28Cl2N2O3. The molecule has 0 spiro atoms. The zero-order chi connectivity index (χ0) is 20.3. The topological polar surface area (TPSA) is 49.9 Å². The van der Waals surface area contributed by atoms with Gasteiger partial charge in [0.15, 0.2) is 0 Å². The van der Waals surface area contributed by atoms with E-state index in [1.807, 2.05) is 11.9 Å². The summed E-state index contributed by atoms with van der Waals surface area (Å²) in [6.07, 6.45) is 5.73. The Balaban J connectivity index is 1.85. The molecule has 3 rings (SSSR count). The van der Waals surface area contributed by atoms with Crippen molar-refractivity contribution >= 4 is 35.1 Å². The van der Waals surface area contributed by atoms with Gasteiger partial charge in [0.2, 0.25) is 0 Å². The van der Waals surface area contributed by atoms with Gasteiger partial charge in [0, 0.05) is 32.0 Å². The Morgan fingerprint density at radius 3 is 2.46 bits per heavy atom. The van der Waals surface area contributed by atoms with Gasteiger partial charge in [-0.3, -0.25) is 14.5 Å². The van der Waals surface area contributed by atoms with E-state index in [0.717, 1.165) is 32.4 Å². The molecule has 0 radical (unpaired) electrons. The molecule has 1 aromatic rings. The van der Waals surface area contributed by atoms with Gasteiger partial charge in [-0.2, -0.15) is 0 Å². The number of hydrogen-bond acceptors (Lipinski definition) is 4. The number of nitrogens with zero attached hydrogens (tertiary/aromatic N) is 2. The van der Waals surface area contributed by atoms with Gasteiger partial charge in [-0.05, 0) is 63.4 Å². The average molecular weight is 427 g/mol. The predicted octanol–water partition coefficient (Wildman–Crippen LogP) is 4.40. The third-order valence-corrected chi connectivity index (χ3v) is 6.64. The number of hydrogen-bond donors (Lipinski definition) is 0. The Bertz CT molecular complexity index is 722. The number of carbonyl (C=O) groups excluding carboxylic acids is 2. The van der Waals surface area contributed by atoms with Crippen LogP contribution in [0.15, 0.2) is 18.2 Å². The molecule has 3 unspecified atom stereocenters. The Kier molecular flexibility index (Phi) is 7.24. The highest BCUT2D eigenvalue weighted by Gasteiger charge is 2.38. The van der Waals surface area contributed by atoms with Crippen LogP contribution in [0.3, 0.4) is 0 Å². The summed E-state index contributed by atoms with van der Waals surface area (Å²) >= 11 is 12.1. The average Bonchev–Trinajstić information content (AvgIpc) is 3.11. The van der Waals surface area contributed by atoms with Crippen molar-refractivity contribution in [2.75, 3.05) is 20.1 Å². The molecule has 154 valence electrons. The number of likely N-dealkylation sites (tertiary alicyclic amines) is 1. The molecule has 2 aliphatic rings. The van der Waals surface area contributed by atoms with E-state index in [0.29, 0.717) is 22.0 Å². The summed E-state index contributed by atoms with van der Waals surface area (Å²) in [5, 5.41) is 0.802. The third kappa shape index (κ3) is 5.00. The van der Waals surface area contributed by atoms with Crippen LogP contribution in [0, 0.1) is 0 Å². The number of likely N-dealkylation sites (N-methyl/N-ethyl adjacent to an activating group) is 1. The van der Waals surface area contributed by atoms with Crippen molar-refractivity contribution in [1.29, 1.82) is 0 Å². The maximum absolute atomic E-state index is 13.2. The summed E-state index contributed by atoms with van der Waals surface area (Å²) in [4.78, 5) is 29.0. The van der Waals surface area contributed by atoms with Crippen LogP contribution in [0.5, 0.6) is 0 Å². The lowest BCUT2D eigenvalue weighted by Crippen LogP contribution is -2.52. The summed E-state index contributed by atoms with van der Waals surface area (Å²) in [7, 11) is 1.84. The molecule has 1 aromatic carbocycles. The Morgan fingerprint density at radius 1 is 1.11 bits per heavy atom. The van der Waals surface area contributed by atoms with E-state index in [9.17, 15) is 9.59 Å². The number of carbonyl (C=O) groups is 2. The minimum absolute atomic E-state index is 0.0214. The molecule has 2 fully saturated rings. The number of benzene rings is 1. The van der Waals surface area contributed by atoms with E-state index in [2.05, 4.69) is 4.90 Å². The quantitative estimate of drug-likeness (QED) is 0.528. The van der Waals surface area contributed by atoms with E-state index < -0.39 is 0 Å². The zero-order valence-electron chi connectivity index (χ0n) is 16.5. The van der Waals surface area contributed by atoms with Gasteiger partial charge in [-0.25, -0.2) is 0 Å². The third-order valence-electron chi connectivity index (χ3n) is 5.90. The maximum atomic E-state index is 13.2. The lowest BCUT2D eigenvalue weighted by Gasteiger charge is -2.39.